The molecule has 0 saturated carbocycles. The normalized spacial score (nSPS) is 19.8. The number of aryl methyl sites for hydroxylation is 1. The Bertz CT molecular complexity index is 1010. The second-order valence-electron chi connectivity index (χ2n) is 8.13. The van der Waals surface area contributed by atoms with Crippen LogP contribution in [0.2, 0.25) is 0 Å². The molecule has 7 heteroatoms. The molecule has 3 aliphatic rings. The van der Waals surface area contributed by atoms with Gasteiger partial charge in [0.1, 0.15) is 5.75 Å². The number of nitrogens with two attached hydrogens (primary N) is 1. The van der Waals surface area contributed by atoms with Crippen LogP contribution in [0.15, 0.2) is 23.0 Å². The van der Waals surface area contributed by atoms with E-state index in [2.05, 4.69) is 9.97 Å². The average Bonchev–Trinajstić information content (AvgIpc) is 3.06. The summed E-state index contributed by atoms with van der Waals surface area (Å²) in [6.07, 6.45) is 5.21. The molecule has 1 aromatic carbocycles. The molecule has 5 rings (SSSR count). The highest BCUT2D eigenvalue weighted by Crippen LogP contribution is 2.44. The Morgan fingerprint density at radius 1 is 1.21 bits per heavy atom. The zero-order valence-electron chi connectivity index (χ0n) is 15.8. The number of likely N-dealkylation sites (tertiary alicyclic amines) is 1. The molecule has 1 amide bonds. The van der Waals surface area contributed by atoms with Crippen molar-refractivity contribution in [2.75, 3.05) is 25.4 Å². The first-order valence-electron chi connectivity index (χ1n) is 10.00. The average molecular weight is 380 g/mol. The lowest BCUT2D eigenvalue weighted by Gasteiger charge is -2.39. The predicted octanol–water partition coefficient (Wildman–Crippen LogP) is 1.80. The molecule has 3 heterocycles. The minimum absolute atomic E-state index is 0.0693. The number of carbonyl (C=O) groups is 1. The van der Waals surface area contributed by atoms with Crippen LogP contribution in [-0.2, 0) is 18.3 Å². The van der Waals surface area contributed by atoms with Crippen molar-refractivity contribution in [1.82, 2.24) is 14.9 Å². The van der Waals surface area contributed by atoms with Crippen molar-refractivity contribution in [1.29, 1.82) is 0 Å². The molecule has 1 spiro atoms. The molecule has 1 aromatic heterocycles. The molecular formula is C21H24N4O3. The molecule has 0 atom stereocenters. The number of nitrogen functional groups attached to an aromatic ring is 1. The first kappa shape index (κ1) is 17.3. The molecule has 3 N–H and O–H groups in total. The number of fused-ring (bicyclic) bond motifs is 3. The molecule has 0 unspecified atom stereocenters. The van der Waals surface area contributed by atoms with Crippen molar-refractivity contribution in [3.05, 3.63) is 50.9 Å². The van der Waals surface area contributed by atoms with Gasteiger partial charge in [-0.2, -0.15) is 0 Å². The van der Waals surface area contributed by atoms with Gasteiger partial charge in [-0.15, -0.1) is 0 Å². The molecule has 2 aliphatic heterocycles. The number of piperidine rings is 1. The Morgan fingerprint density at radius 3 is 2.86 bits per heavy atom. The highest BCUT2D eigenvalue weighted by atomic mass is 16.5. The fourth-order valence-corrected chi connectivity index (χ4v) is 4.97. The number of rotatable bonds is 1. The summed E-state index contributed by atoms with van der Waals surface area (Å²) in [5.41, 5.74) is 9.01. The number of aromatic nitrogens is 2. The van der Waals surface area contributed by atoms with Crippen LogP contribution in [0.1, 0.15) is 52.9 Å². The van der Waals surface area contributed by atoms with Gasteiger partial charge in [-0.05, 0) is 62.3 Å². The number of nitrogens with zero attached hydrogens (tertiary/aromatic N) is 2. The largest absolute Gasteiger partial charge is 0.493 e. The SMILES string of the molecule is Nc1nc2c(c(=O)[nH]1)CCC21CCN(C(=O)c2ccc3c(c2)CCCO3)CC1. The van der Waals surface area contributed by atoms with Gasteiger partial charge in [0, 0.05) is 29.6 Å². The van der Waals surface area contributed by atoms with E-state index in [1.807, 2.05) is 23.1 Å². The summed E-state index contributed by atoms with van der Waals surface area (Å²) < 4.78 is 5.65. The summed E-state index contributed by atoms with van der Waals surface area (Å²) in [5.74, 6) is 1.15. The van der Waals surface area contributed by atoms with Crippen LogP contribution in [-0.4, -0.2) is 40.5 Å². The van der Waals surface area contributed by atoms with E-state index in [9.17, 15) is 9.59 Å². The van der Waals surface area contributed by atoms with Gasteiger partial charge >= 0.3 is 0 Å². The van der Waals surface area contributed by atoms with Gasteiger partial charge in [-0.25, -0.2) is 4.98 Å². The quantitative estimate of drug-likeness (QED) is 0.786. The van der Waals surface area contributed by atoms with Crippen LogP contribution in [0.3, 0.4) is 0 Å². The molecule has 0 radical (unpaired) electrons. The number of nitrogens with one attached hydrogen (secondary N) is 1. The van der Waals surface area contributed by atoms with E-state index in [0.29, 0.717) is 13.1 Å². The summed E-state index contributed by atoms with van der Waals surface area (Å²) >= 11 is 0. The van der Waals surface area contributed by atoms with Crippen LogP contribution in [0.25, 0.3) is 0 Å². The number of benzene rings is 1. The van der Waals surface area contributed by atoms with Crippen LogP contribution in [0, 0.1) is 0 Å². The van der Waals surface area contributed by atoms with Gasteiger partial charge in [0.2, 0.25) is 5.95 Å². The maximum absolute atomic E-state index is 13.0. The number of hydrogen-bond acceptors (Lipinski definition) is 5. The molecule has 1 fully saturated rings. The Kier molecular flexibility index (Phi) is 3.92. The topological polar surface area (TPSA) is 101 Å². The number of ether oxygens (including phenoxy) is 1. The van der Waals surface area contributed by atoms with E-state index >= 15 is 0 Å². The van der Waals surface area contributed by atoms with Crippen LogP contribution >= 0.6 is 0 Å². The van der Waals surface area contributed by atoms with Crippen molar-refractivity contribution in [2.45, 2.75) is 43.9 Å². The monoisotopic (exact) mass is 380 g/mol. The van der Waals surface area contributed by atoms with E-state index < -0.39 is 0 Å². The summed E-state index contributed by atoms with van der Waals surface area (Å²) in [6, 6.07) is 5.76. The van der Waals surface area contributed by atoms with Crippen LogP contribution in [0.5, 0.6) is 5.75 Å². The van der Waals surface area contributed by atoms with E-state index in [4.69, 9.17) is 10.5 Å². The third-order valence-corrected chi connectivity index (χ3v) is 6.55. The Hall–Kier alpha value is -2.83. The fourth-order valence-electron chi connectivity index (χ4n) is 4.97. The minimum Gasteiger partial charge on any atom is -0.493 e. The Morgan fingerprint density at radius 2 is 2.04 bits per heavy atom. The number of amides is 1. The summed E-state index contributed by atoms with van der Waals surface area (Å²) in [4.78, 5) is 34.2. The van der Waals surface area contributed by atoms with Gasteiger partial charge < -0.3 is 15.4 Å². The van der Waals surface area contributed by atoms with Gasteiger partial charge in [0.05, 0.1) is 12.3 Å². The van der Waals surface area contributed by atoms with Gasteiger partial charge in [0.25, 0.3) is 11.5 Å². The number of H-pyrrole nitrogens is 1. The van der Waals surface area contributed by atoms with Gasteiger partial charge in [-0.3, -0.25) is 14.6 Å². The number of carbonyl (C=O) groups excluding carboxylic acids is 1. The molecule has 1 saturated heterocycles. The molecule has 0 bridgehead atoms. The third kappa shape index (κ3) is 2.68. The van der Waals surface area contributed by atoms with Crippen molar-refractivity contribution < 1.29 is 9.53 Å². The van der Waals surface area contributed by atoms with Crippen LogP contribution in [0.4, 0.5) is 5.95 Å². The third-order valence-electron chi connectivity index (χ3n) is 6.55. The smallest absolute Gasteiger partial charge is 0.255 e. The highest BCUT2D eigenvalue weighted by Gasteiger charge is 2.44. The van der Waals surface area contributed by atoms with Crippen molar-refractivity contribution in [3.8, 4) is 5.75 Å². The van der Waals surface area contributed by atoms with E-state index in [1.165, 1.54) is 0 Å². The Balaban J connectivity index is 1.35. The summed E-state index contributed by atoms with van der Waals surface area (Å²) in [5, 5.41) is 0. The lowest BCUT2D eigenvalue weighted by Crippen LogP contribution is -2.45. The summed E-state index contributed by atoms with van der Waals surface area (Å²) in [7, 11) is 0. The molecule has 7 nitrogen and oxygen atoms in total. The molecule has 28 heavy (non-hydrogen) atoms. The second kappa shape index (κ2) is 6.36. The number of anilines is 1. The zero-order chi connectivity index (χ0) is 19.3. The van der Waals surface area contributed by atoms with Crippen LogP contribution < -0.4 is 16.0 Å². The highest BCUT2D eigenvalue weighted by molar-refractivity contribution is 5.94. The first-order chi connectivity index (χ1) is 13.6. The second-order valence-corrected chi connectivity index (χ2v) is 8.13. The standard InChI is InChI=1S/C21H24N4O3/c22-20-23-17-15(18(26)24-20)5-6-21(17)7-9-25(10-8-21)19(27)14-3-4-16-13(12-14)2-1-11-28-16/h3-4,12H,1-2,5-11H2,(H3,22,23,24,26). The van der Waals surface area contributed by atoms with Gasteiger partial charge in [-0.1, -0.05) is 0 Å². The molecular weight excluding hydrogens is 356 g/mol. The molecule has 2 aromatic rings. The van der Waals surface area contributed by atoms with Crippen molar-refractivity contribution in [3.63, 3.8) is 0 Å². The van der Waals surface area contributed by atoms with E-state index in [1.54, 1.807) is 0 Å². The zero-order valence-corrected chi connectivity index (χ0v) is 15.8. The maximum atomic E-state index is 13.0. The fraction of sp³-hybridized carbons (Fsp3) is 0.476. The van der Waals surface area contributed by atoms with Crippen molar-refractivity contribution in [2.24, 2.45) is 0 Å². The first-order valence-corrected chi connectivity index (χ1v) is 10.00. The van der Waals surface area contributed by atoms with E-state index in [0.717, 1.165) is 73.3 Å². The summed E-state index contributed by atoms with van der Waals surface area (Å²) in [6.45, 7) is 2.08. The Labute approximate surface area is 162 Å². The van der Waals surface area contributed by atoms with Gasteiger partial charge in [0.15, 0.2) is 0 Å². The van der Waals surface area contributed by atoms with E-state index in [-0.39, 0.29) is 22.8 Å². The molecule has 1 aliphatic carbocycles. The maximum Gasteiger partial charge on any atom is 0.255 e. The lowest BCUT2D eigenvalue weighted by molar-refractivity contribution is 0.0663. The number of hydrogen-bond donors (Lipinski definition) is 2. The number of aromatic amines is 1. The van der Waals surface area contributed by atoms with Crippen molar-refractivity contribution >= 4 is 11.9 Å². The predicted molar refractivity (Wildman–Crippen MR) is 105 cm³/mol. The lowest BCUT2D eigenvalue weighted by atomic mass is 9.76. The molecule has 146 valence electrons. The minimum atomic E-state index is -0.127.